The molecule has 0 aliphatic heterocycles. The van der Waals surface area contributed by atoms with Crippen molar-refractivity contribution in [1.82, 2.24) is 5.32 Å². The lowest BCUT2D eigenvalue weighted by Crippen LogP contribution is -2.23. The van der Waals surface area contributed by atoms with Gasteiger partial charge in [0.15, 0.2) is 0 Å². The van der Waals surface area contributed by atoms with Crippen LogP contribution in [0.5, 0.6) is 0 Å². The van der Waals surface area contributed by atoms with Crippen LogP contribution in [-0.2, 0) is 0 Å². The summed E-state index contributed by atoms with van der Waals surface area (Å²) in [5.74, 6) is 0.0248. The number of thiophene rings is 1. The molecule has 1 aromatic heterocycles. The van der Waals surface area contributed by atoms with Crippen molar-refractivity contribution in [3.05, 3.63) is 16.3 Å². The second kappa shape index (κ2) is 6.90. The smallest absolute Gasteiger partial charge is 0.261 e. The normalized spacial score (nSPS) is 10.3. The minimum atomic E-state index is 0.0248. The molecule has 0 aliphatic rings. The highest BCUT2D eigenvalue weighted by Gasteiger charge is 2.06. The van der Waals surface area contributed by atoms with Gasteiger partial charge in [-0.1, -0.05) is 26.2 Å². The van der Waals surface area contributed by atoms with Crippen molar-refractivity contribution in [2.75, 3.05) is 6.54 Å². The van der Waals surface area contributed by atoms with Gasteiger partial charge in [-0.05, 0) is 12.5 Å². The highest BCUT2D eigenvalue weighted by molar-refractivity contribution is 7.80. The van der Waals surface area contributed by atoms with Crippen LogP contribution in [0.4, 0.5) is 0 Å². The molecule has 0 fully saturated rings. The third kappa shape index (κ3) is 4.71. The van der Waals surface area contributed by atoms with Crippen LogP contribution in [0.2, 0.25) is 0 Å². The SMILES string of the molecule is CCCCCCNC(=O)c1cc(S)cs1. The largest absolute Gasteiger partial charge is 0.351 e. The Morgan fingerprint density at radius 1 is 1.47 bits per heavy atom. The van der Waals surface area contributed by atoms with Crippen LogP contribution < -0.4 is 5.32 Å². The Bertz CT molecular complexity index is 309. The Labute approximate surface area is 100 Å². The molecule has 2 nitrogen and oxygen atoms in total. The average molecular weight is 243 g/mol. The summed E-state index contributed by atoms with van der Waals surface area (Å²) in [6.07, 6.45) is 4.73. The second-order valence-electron chi connectivity index (χ2n) is 3.49. The van der Waals surface area contributed by atoms with Gasteiger partial charge in [0.2, 0.25) is 0 Å². The van der Waals surface area contributed by atoms with Crippen LogP contribution in [-0.4, -0.2) is 12.5 Å². The molecule has 1 aromatic rings. The molecule has 0 aliphatic carbocycles. The predicted octanol–water partition coefficient (Wildman–Crippen LogP) is 3.35. The van der Waals surface area contributed by atoms with E-state index in [1.165, 1.54) is 30.6 Å². The first-order chi connectivity index (χ1) is 7.24. The minimum absolute atomic E-state index is 0.0248. The van der Waals surface area contributed by atoms with Crippen LogP contribution in [0.15, 0.2) is 16.3 Å². The van der Waals surface area contributed by atoms with Gasteiger partial charge in [0.1, 0.15) is 0 Å². The zero-order valence-corrected chi connectivity index (χ0v) is 10.7. The quantitative estimate of drug-likeness (QED) is 0.582. The van der Waals surface area contributed by atoms with Crippen molar-refractivity contribution in [3.8, 4) is 0 Å². The highest BCUT2D eigenvalue weighted by Crippen LogP contribution is 2.17. The number of nitrogens with one attached hydrogen (secondary N) is 1. The van der Waals surface area contributed by atoms with E-state index in [9.17, 15) is 4.79 Å². The molecule has 0 saturated heterocycles. The number of thiol groups is 1. The summed E-state index contributed by atoms with van der Waals surface area (Å²) in [4.78, 5) is 13.2. The molecule has 0 radical (unpaired) electrons. The summed E-state index contributed by atoms with van der Waals surface area (Å²) in [5, 5.41) is 4.78. The zero-order chi connectivity index (χ0) is 11.1. The number of hydrogen-bond acceptors (Lipinski definition) is 3. The van der Waals surface area contributed by atoms with E-state index in [1.807, 2.05) is 5.38 Å². The van der Waals surface area contributed by atoms with Gasteiger partial charge in [0, 0.05) is 16.8 Å². The topological polar surface area (TPSA) is 29.1 Å². The van der Waals surface area contributed by atoms with Crippen molar-refractivity contribution in [2.45, 2.75) is 37.5 Å². The fourth-order valence-corrected chi connectivity index (χ4v) is 2.35. The molecule has 0 atom stereocenters. The molecule has 1 amide bonds. The van der Waals surface area contributed by atoms with E-state index >= 15 is 0 Å². The van der Waals surface area contributed by atoms with Gasteiger partial charge in [-0.15, -0.1) is 24.0 Å². The molecule has 0 saturated carbocycles. The van der Waals surface area contributed by atoms with Crippen molar-refractivity contribution in [1.29, 1.82) is 0 Å². The fourth-order valence-electron chi connectivity index (χ4n) is 1.29. The third-order valence-electron chi connectivity index (χ3n) is 2.13. The number of rotatable bonds is 6. The Balaban J connectivity index is 2.19. The standard InChI is InChI=1S/C11H17NOS2/c1-2-3-4-5-6-12-11(13)10-7-9(14)8-15-10/h7-8,14H,2-6H2,1H3,(H,12,13). The molecular weight excluding hydrogens is 226 g/mol. The van der Waals surface area contributed by atoms with Gasteiger partial charge in [0.05, 0.1) is 4.88 Å². The van der Waals surface area contributed by atoms with E-state index < -0.39 is 0 Å². The lowest BCUT2D eigenvalue weighted by Gasteiger charge is -2.02. The number of carbonyl (C=O) groups excluding carboxylic acids is 1. The van der Waals surface area contributed by atoms with E-state index in [0.717, 1.165) is 22.7 Å². The first kappa shape index (κ1) is 12.6. The lowest BCUT2D eigenvalue weighted by molar-refractivity contribution is 0.0957. The van der Waals surface area contributed by atoms with Gasteiger partial charge in [0.25, 0.3) is 5.91 Å². The van der Waals surface area contributed by atoms with Crippen LogP contribution in [0.3, 0.4) is 0 Å². The van der Waals surface area contributed by atoms with Gasteiger partial charge >= 0.3 is 0 Å². The van der Waals surface area contributed by atoms with E-state index in [-0.39, 0.29) is 5.91 Å². The lowest BCUT2D eigenvalue weighted by atomic mass is 10.2. The molecule has 15 heavy (non-hydrogen) atoms. The van der Waals surface area contributed by atoms with Crippen LogP contribution >= 0.6 is 24.0 Å². The first-order valence-electron chi connectivity index (χ1n) is 5.29. The maximum Gasteiger partial charge on any atom is 0.261 e. The molecule has 1 N–H and O–H groups in total. The van der Waals surface area contributed by atoms with Gasteiger partial charge in [-0.2, -0.15) is 0 Å². The Morgan fingerprint density at radius 3 is 2.87 bits per heavy atom. The minimum Gasteiger partial charge on any atom is -0.351 e. The van der Waals surface area contributed by atoms with Crippen LogP contribution in [0, 0.1) is 0 Å². The van der Waals surface area contributed by atoms with Gasteiger partial charge in [-0.25, -0.2) is 0 Å². The maximum absolute atomic E-state index is 11.6. The van der Waals surface area contributed by atoms with Crippen molar-refractivity contribution < 1.29 is 4.79 Å². The molecule has 84 valence electrons. The summed E-state index contributed by atoms with van der Waals surface area (Å²) >= 11 is 5.60. The summed E-state index contributed by atoms with van der Waals surface area (Å²) in [6.45, 7) is 2.96. The molecule has 0 bridgehead atoms. The maximum atomic E-state index is 11.6. The number of hydrogen-bond donors (Lipinski definition) is 2. The Hall–Kier alpha value is -0.480. The van der Waals surface area contributed by atoms with Crippen molar-refractivity contribution in [2.24, 2.45) is 0 Å². The van der Waals surface area contributed by atoms with Crippen molar-refractivity contribution in [3.63, 3.8) is 0 Å². The Kier molecular flexibility index (Phi) is 5.79. The highest BCUT2D eigenvalue weighted by atomic mass is 32.1. The van der Waals surface area contributed by atoms with E-state index in [1.54, 1.807) is 6.07 Å². The van der Waals surface area contributed by atoms with Crippen LogP contribution in [0.1, 0.15) is 42.3 Å². The zero-order valence-electron chi connectivity index (χ0n) is 8.95. The monoisotopic (exact) mass is 243 g/mol. The Morgan fingerprint density at radius 2 is 2.27 bits per heavy atom. The van der Waals surface area contributed by atoms with E-state index in [0.29, 0.717) is 0 Å². The number of carbonyl (C=O) groups is 1. The molecule has 0 aromatic carbocycles. The summed E-state index contributed by atoms with van der Waals surface area (Å²) in [5.41, 5.74) is 0. The third-order valence-corrected chi connectivity index (χ3v) is 3.49. The molecule has 0 spiro atoms. The fraction of sp³-hybridized carbons (Fsp3) is 0.545. The second-order valence-corrected chi connectivity index (χ2v) is 4.91. The van der Waals surface area contributed by atoms with E-state index in [4.69, 9.17) is 0 Å². The molecule has 1 heterocycles. The van der Waals surface area contributed by atoms with Crippen LogP contribution in [0.25, 0.3) is 0 Å². The molecule has 1 rings (SSSR count). The summed E-state index contributed by atoms with van der Waals surface area (Å²) < 4.78 is 0. The van der Waals surface area contributed by atoms with Gasteiger partial charge < -0.3 is 5.32 Å². The molecular formula is C11H17NOS2. The number of unbranched alkanes of at least 4 members (excludes halogenated alkanes) is 3. The summed E-state index contributed by atoms with van der Waals surface area (Å²) in [7, 11) is 0. The number of amides is 1. The first-order valence-corrected chi connectivity index (χ1v) is 6.62. The van der Waals surface area contributed by atoms with E-state index in [2.05, 4.69) is 24.9 Å². The van der Waals surface area contributed by atoms with Crippen molar-refractivity contribution >= 4 is 29.9 Å². The molecule has 4 heteroatoms. The predicted molar refractivity (Wildman–Crippen MR) is 68.0 cm³/mol. The van der Waals surface area contributed by atoms with Gasteiger partial charge in [-0.3, -0.25) is 4.79 Å². The summed E-state index contributed by atoms with van der Waals surface area (Å²) in [6, 6.07) is 1.80. The molecule has 0 unspecified atom stereocenters. The average Bonchev–Trinajstić information content (AvgIpc) is 2.64.